The fourth-order valence-electron chi connectivity index (χ4n) is 2.13. The van der Waals surface area contributed by atoms with Crippen LogP contribution < -0.4 is 0 Å². The third kappa shape index (κ3) is 2.57. The number of rotatable bonds is 4. The molecule has 0 bridgehead atoms. The van der Waals surface area contributed by atoms with Crippen LogP contribution in [-0.2, 0) is 6.54 Å². The average Bonchev–Trinajstić information content (AvgIpc) is 2.67. The zero-order valence-corrected chi connectivity index (χ0v) is 10.9. The van der Waals surface area contributed by atoms with Crippen molar-refractivity contribution in [3.8, 4) is 0 Å². The summed E-state index contributed by atoms with van der Waals surface area (Å²) in [5, 5.41) is 8.84. The third-order valence-corrected chi connectivity index (χ3v) is 3.28. The summed E-state index contributed by atoms with van der Waals surface area (Å²) in [6.45, 7) is 4.49. The lowest BCUT2D eigenvalue weighted by atomic mass is 10.1. The molecule has 98 valence electrons. The van der Waals surface area contributed by atoms with Gasteiger partial charge in [0.15, 0.2) is 6.29 Å². The van der Waals surface area contributed by atoms with E-state index in [0.717, 1.165) is 23.2 Å². The van der Waals surface area contributed by atoms with Crippen LogP contribution in [0.15, 0.2) is 30.3 Å². The minimum absolute atomic E-state index is 0.276. The van der Waals surface area contributed by atoms with Crippen molar-refractivity contribution in [3.05, 3.63) is 58.4 Å². The summed E-state index contributed by atoms with van der Waals surface area (Å²) in [4.78, 5) is 21.7. The summed E-state index contributed by atoms with van der Waals surface area (Å²) >= 11 is 0. The molecule has 4 nitrogen and oxygen atoms in total. The average molecular weight is 257 g/mol. The highest BCUT2D eigenvalue weighted by molar-refractivity contribution is 5.87. The number of hydrogen-bond acceptors (Lipinski definition) is 2. The smallest absolute Gasteiger partial charge is 0.335 e. The summed E-state index contributed by atoms with van der Waals surface area (Å²) in [6, 6.07) is 8.62. The molecule has 1 N–H and O–H groups in total. The Labute approximate surface area is 111 Å². The van der Waals surface area contributed by atoms with Gasteiger partial charge >= 0.3 is 5.97 Å². The Morgan fingerprint density at radius 2 is 1.89 bits per heavy atom. The van der Waals surface area contributed by atoms with E-state index in [-0.39, 0.29) is 5.56 Å². The van der Waals surface area contributed by atoms with Gasteiger partial charge < -0.3 is 9.67 Å². The molecule has 0 atom stereocenters. The second kappa shape index (κ2) is 5.10. The number of carbonyl (C=O) groups is 2. The lowest BCUT2D eigenvalue weighted by Gasteiger charge is -2.09. The molecular weight excluding hydrogens is 242 g/mol. The molecule has 0 saturated carbocycles. The Balaban J connectivity index is 2.28. The predicted octanol–water partition coefficient (Wildman–Crippen LogP) is 2.66. The zero-order chi connectivity index (χ0) is 14.0. The largest absolute Gasteiger partial charge is 0.478 e. The van der Waals surface area contributed by atoms with Gasteiger partial charge in [-0.1, -0.05) is 12.1 Å². The van der Waals surface area contributed by atoms with E-state index < -0.39 is 5.97 Å². The van der Waals surface area contributed by atoms with Gasteiger partial charge in [-0.3, -0.25) is 4.79 Å². The second-order valence-corrected chi connectivity index (χ2v) is 4.53. The molecule has 0 amide bonds. The number of benzene rings is 1. The van der Waals surface area contributed by atoms with E-state index in [9.17, 15) is 9.59 Å². The minimum Gasteiger partial charge on any atom is -0.478 e. The topological polar surface area (TPSA) is 59.3 Å². The van der Waals surface area contributed by atoms with Crippen LogP contribution in [0.5, 0.6) is 0 Å². The maximum atomic E-state index is 10.9. The Morgan fingerprint density at radius 1 is 1.26 bits per heavy atom. The first-order valence-electron chi connectivity index (χ1n) is 5.97. The summed E-state index contributed by atoms with van der Waals surface area (Å²) in [5.74, 6) is -0.928. The molecular formula is C15H15NO3. The number of carboxylic acid groups (broad SMARTS) is 1. The van der Waals surface area contributed by atoms with Crippen molar-refractivity contribution in [1.82, 2.24) is 4.57 Å². The predicted molar refractivity (Wildman–Crippen MR) is 71.8 cm³/mol. The van der Waals surface area contributed by atoms with E-state index in [1.807, 2.05) is 24.5 Å². The van der Waals surface area contributed by atoms with E-state index in [4.69, 9.17) is 5.11 Å². The molecule has 0 unspecified atom stereocenters. The van der Waals surface area contributed by atoms with E-state index in [1.165, 1.54) is 0 Å². The highest BCUT2D eigenvalue weighted by atomic mass is 16.4. The highest BCUT2D eigenvalue weighted by Crippen LogP contribution is 2.16. The number of aromatic nitrogens is 1. The fraction of sp³-hybridized carbons (Fsp3) is 0.200. The molecule has 2 aromatic rings. The SMILES string of the molecule is Cc1cc(C=O)c(C)n1Cc1ccc(C(=O)O)cc1. The van der Waals surface area contributed by atoms with Gasteiger partial charge in [0, 0.05) is 23.5 Å². The summed E-state index contributed by atoms with van der Waals surface area (Å²) in [6.07, 6.45) is 0.854. The molecule has 1 aromatic heterocycles. The maximum Gasteiger partial charge on any atom is 0.335 e. The van der Waals surface area contributed by atoms with Crippen LogP contribution in [0, 0.1) is 13.8 Å². The molecule has 0 aliphatic rings. The number of carbonyl (C=O) groups excluding carboxylic acids is 1. The van der Waals surface area contributed by atoms with Gasteiger partial charge in [-0.05, 0) is 37.6 Å². The third-order valence-electron chi connectivity index (χ3n) is 3.28. The van der Waals surface area contributed by atoms with E-state index in [0.29, 0.717) is 12.1 Å². The Bertz CT molecular complexity index is 624. The monoisotopic (exact) mass is 257 g/mol. The molecule has 1 aromatic carbocycles. The van der Waals surface area contributed by atoms with Crippen LogP contribution in [0.3, 0.4) is 0 Å². The van der Waals surface area contributed by atoms with Gasteiger partial charge in [0.05, 0.1) is 5.56 Å². The first kappa shape index (κ1) is 13.1. The van der Waals surface area contributed by atoms with E-state index in [2.05, 4.69) is 0 Å². The standard InChI is InChI=1S/C15H15NO3/c1-10-7-14(9-17)11(2)16(10)8-12-3-5-13(6-4-12)15(18)19/h3-7,9H,8H2,1-2H3,(H,18,19). The van der Waals surface area contributed by atoms with Crippen molar-refractivity contribution in [2.24, 2.45) is 0 Å². The van der Waals surface area contributed by atoms with Crippen molar-refractivity contribution < 1.29 is 14.7 Å². The Hall–Kier alpha value is -2.36. The van der Waals surface area contributed by atoms with Crippen LogP contribution in [0.2, 0.25) is 0 Å². The molecule has 19 heavy (non-hydrogen) atoms. The van der Waals surface area contributed by atoms with Crippen molar-refractivity contribution in [2.75, 3.05) is 0 Å². The first-order chi connectivity index (χ1) is 9.02. The highest BCUT2D eigenvalue weighted by Gasteiger charge is 2.09. The fourth-order valence-corrected chi connectivity index (χ4v) is 2.13. The van der Waals surface area contributed by atoms with Crippen molar-refractivity contribution >= 4 is 12.3 Å². The Kier molecular flexibility index (Phi) is 3.51. The van der Waals surface area contributed by atoms with Crippen LogP contribution in [0.25, 0.3) is 0 Å². The number of hydrogen-bond donors (Lipinski definition) is 1. The number of aldehydes is 1. The summed E-state index contributed by atoms with van der Waals surface area (Å²) in [7, 11) is 0. The van der Waals surface area contributed by atoms with Crippen LogP contribution in [-0.4, -0.2) is 21.9 Å². The minimum atomic E-state index is -0.928. The Morgan fingerprint density at radius 3 is 2.37 bits per heavy atom. The summed E-state index contributed by atoms with van der Waals surface area (Å²) < 4.78 is 2.04. The lowest BCUT2D eigenvalue weighted by Crippen LogP contribution is -2.05. The number of aryl methyl sites for hydroxylation is 1. The van der Waals surface area contributed by atoms with Gasteiger partial charge in [0.2, 0.25) is 0 Å². The van der Waals surface area contributed by atoms with Gasteiger partial charge in [0.1, 0.15) is 0 Å². The molecule has 0 spiro atoms. The van der Waals surface area contributed by atoms with Crippen molar-refractivity contribution in [1.29, 1.82) is 0 Å². The normalized spacial score (nSPS) is 10.4. The van der Waals surface area contributed by atoms with Crippen LogP contribution in [0.4, 0.5) is 0 Å². The zero-order valence-electron chi connectivity index (χ0n) is 10.9. The quantitative estimate of drug-likeness (QED) is 0.857. The molecule has 0 aliphatic heterocycles. The second-order valence-electron chi connectivity index (χ2n) is 4.53. The molecule has 0 radical (unpaired) electrons. The molecule has 2 rings (SSSR count). The van der Waals surface area contributed by atoms with E-state index >= 15 is 0 Å². The molecule has 4 heteroatoms. The number of aromatic carboxylic acids is 1. The van der Waals surface area contributed by atoms with Gasteiger partial charge in [-0.15, -0.1) is 0 Å². The summed E-state index contributed by atoms with van der Waals surface area (Å²) in [5.41, 5.74) is 3.92. The maximum absolute atomic E-state index is 10.9. The van der Waals surface area contributed by atoms with Crippen LogP contribution >= 0.6 is 0 Å². The van der Waals surface area contributed by atoms with E-state index in [1.54, 1.807) is 24.3 Å². The molecule has 0 fully saturated rings. The lowest BCUT2D eigenvalue weighted by molar-refractivity contribution is 0.0696. The van der Waals surface area contributed by atoms with Gasteiger partial charge in [0.25, 0.3) is 0 Å². The van der Waals surface area contributed by atoms with Crippen molar-refractivity contribution in [3.63, 3.8) is 0 Å². The molecule has 1 heterocycles. The first-order valence-corrected chi connectivity index (χ1v) is 5.97. The van der Waals surface area contributed by atoms with Gasteiger partial charge in [-0.2, -0.15) is 0 Å². The van der Waals surface area contributed by atoms with Gasteiger partial charge in [-0.25, -0.2) is 4.79 Å². The van der Waals surface area contributed by atoms with Crippen molar-refractivity contribution in [2.45, 2.75) is 20.4 Å². The molecule has 0 aliphatic carbocycles. The molecule has 0 saturated heterocycles. The van der Waals surface area contributed by atoms with Crippen LogP contribution in [0.1, 0.15) is 37.7 Å². The number of nitrogens with zero attached hydrogens (tertiary/aromatic N) is 1. The number of carboxylic acids is 1.